The van der Waals surface area contributed by atoms with Crippen molar-refractivity contribution in [3.63, 3.8) is 0 Å². The molecule has 4 bridgehead atoms. The fraction of sp³-hybridized carbons (Fsp3) is 0.792. The third-order valence-electron chi connectivity index (χ3n) is 8.75. The van der Waals surface area contributed by atoms with E-state index in [1.807, 2.05) is 4.90 Å². The largest absolute Gasteiger partial charge is 0.379 e. The summed E-state index contributed by atoms with van der Waals surface area (Å²) >= 11 is 0. The van der Waals surface area contributed by atoms with Gasteiger partial charge in [0, 0.05) is 31.7 Å². The lowest BCUT2D eigenvalue weighted by Crippen LogP contribution is -2.47. The van der Waals surface area contributed by atoms with Crippen LogP contribution in [0.1, 0.15) is 43.4 Å². The van der Waals surface area contributed by atoms with E-state index in [2.05, 4.69) is 20.2 Å². The Morgan fingerprint density at radius 2 is 1.77 bits per heavy atom. The second-order valence-corrected chi connectivity index (χ2v) is 10.6. The van der Waals surface area contributed by atoms with E-state index in [0.29, 0.717) is 13.1 Å². The number of morpholine rings is 1. The van der Waals surface area contributed by atoms with Crippen LogP contribution in [0.15, 0.2) is 6.33 Å². The molecular formula is C24H35N5O2. The Balaban J connectivity index is 1.08. The fourth-order valence-electron chi connectivity index (χ4n) is 7.36. The molecule has 1 aromatic rings. The molecule has 5 fully saturated rings. The first-order valence-electron chi connectivity index (χ1n) is 12.4. The molecule has 7 rings (SSSR count). The first kappa shape index (κ1) is 19.9. The number of carbonyl (C=O) groups is 1. The maximum atomic E-state index is 12.8. The SMILES string of the molecule is O=C(CN1CCOCC1)N1CCc2c(ncnc2NCC2C3CC4CC(C3)CC2C4)C1. The smallest absolute Gasteiger partial charge is 0.237 e. The van der Waals surface area contributed by atoms with Gasteiger partial charge in [-0.15, -0.1) is 0 Å². The second kappa shape index (κ2) is 8.32. The summed E-state index contributed by atoms with van der Waals surface area (Å²) in [7, 11) is 0. The highest BCUT2D eigenvalue weighted by Crippen LogP contribution is 2.56. The van der Waals surface area contributed by atoms with Crippen molar-refractivity contribution in [1.82, 2.24) is 19.8 Å². The molecule has 1 saturated heterocycles. The Hall–Kier alpha value is -1.73. The molecule has 7 nitrogen and oxygen atoms in total. The van der Waals surface area contributed by atoms with Gasteiger partial charge in [0.1, 0.15) is 12.1 Å². The van der Waals surface area contributed by atoms with Gasteiger partial charge in [-0.2, -0.15) is 0 Å². The third-order valence-corrected chi connectivity index (χ3v) is 8.75. The minimum Gasteiger partial charge on any atom is -0.379 e. The van der Waals surface area contributed by atoms with E-state index in [-0.39, 0.29) is 5.91 Å². The van der Waals surface area contributed by atoms with Crippen LogP contribution in [0.3, 0.4) is 0 Å². The van der Waals surface area contributed by atoms with Gasteiger partial charge in [0.15, 0.2) is 0 Å². The van der Waals surface area contributed by atoms with Crippen molar-refractivity contribution >= 4 is 11.7 Å². The standard InChI is InChI=1S/C24H35N5O2/c30-23(14-28-3-5-31-6-4-28)29-2-1-20-22(13-29)26-15-27-24(20)25-12-21-18-8-16-7-17(10-18)11-19(21)9-16/h15-19,21H,1-14H2,(H,25,26,27). The van der Waals surface area contributed by atoms with E-state index >= 15 is 0 Å². The molecule has 2 aliphatic heterocycles. The maximum Gasteiger partial charge on any atom is 0.237 e. The van der Waals surface area contributed by atoms with Crippen LogP contribution >= 0.6 is 0 Å². The molecule has 31 heavy (non-hydrogen) atoms. The van der Waals surface area contributed by atoms with Crippen LogP contribution in [-0.4, -0.2) is 71.6 Å². The van der Waals surface area contributed by atoms with Crippen LogP contribution in [0.2, 0.25) is 0 Å². The molecule has 0 atom stereocenters. The minimum atomic E-state index is 0.203. The lowest BCUT2D eigenvalue weighted by molar-refractivity contribution is -0.134. The van der Waals surface area contributed by atoms with E-state index in [0.717, 1.165) is 86.9 Å². The molecule has 0 spiro atoms. The number of fused-ring (bicyclic) bond motifs is 1. The van der Waals surface area contributed by atoms with Crippen molar-refractivity contribution in [3.05, 3.63) is 17.6 Å². The Morgan fingerprint density at radius 1 is 1.03 bits per heavy atom. The molecule has 1 aromatic heterocycles. The van der Waals surface area contributed by atoms with Gasteiger partial charge in [0.2, 0.25) is 5.91 Å². The summed E-state index contributed by atoms with van der Waals surface area (Å²) in [6.07, 6.45) is 9.86. The molecular weight excluding hydrogens is 390 g/mol. The summed E-state index contributed by atoms with van der Waals surface area (Å²) in [6, 6.07) is 0. The van der Waals surface area contributed by atoms with Crippen molar-refractivity contribution in [2.24, 2.45) is 29.6 Å². The Morgan fingerprint density at radius 3 is 2.52 bits per heavy atom. The van der Waals surface area contributed by atoms with Gasteiger partial charge in [0.25, 0.3) is 0 Å². The highest BCUT2D eigenvalue weighted by atomic mass is 16.5. The lowest BCUT2D eigenvalue weighted by Gasteiger charge is -2.54. The summed E-state index contributed by atoms with van der Waals surface area (Å²) in [5.74, 6) is 5.92. The van der Waals surface area contributed by atoms with Crippen molar-refractivity contribution in [2.75, 3.05) is 51.3 Å². The zero-order valence-electron chi connectivity index (χ0n) is 18.5. The van der Waals surface area contributed by atoms with Gasteiger partial charge in [0.05, 0.1) is 32.0 Å². The van der Waals surface area contributed by atoms with Gasteiger partial charge < -0.3 is 15.0 Å². The number of amides is 1. The first-order valence-corrected chi connectivity index (χ1v) is 12.4. The highest BCUT2D eigenvalue weighted by Gasteiger charge is 2.47. The zero-order chi connectivity index (χ0) is 20.8. The third kappa shape index (κ3) is 3.95. The monoisotopic (exact) mass is 425 g/mol. The minimum absolute atomic E-state index is 0.203. The number of hydrogen-bond donors (Lipinski definition) is 1. The summed E-state index contributed by atoms with van der Waals surface area (Å²) in [5, 5.41) is 3.73. The topological polar surface area (TPSA) is 70.6 Å². The van der Waals surface area contributed by atoms with Gasteiger partial charge in [-0.05, 0) is 68.1 Å². The number of nitrogens with zero attached hydrogens (tertiary/aromatic N) is 4. The summed E-state index contributed by atoms with van der Waals surface area (Å²) in [6.45, 7) is 6.04. The Labute approximate surface area is 184 Å². The number of nitrogens with one attached hydrogen (secondary N) is 1. The molecule has 0 radical (unpaired) electrons. The molecule has 6 aliphatic rings. The average Bonchev–Trinajstić information content (AvgIpc) is 2.78. The summed E-state index contributed by atoms with van der Waals surface area (Å²) in [4.78, 5) is 26.1. The molecule has 1 amide bonds. The van der Waals surface area contributed by atoms with Gasteiger partial charge >= 0.3 is 0 Å². The van der Waals surface area contributed by atoms with Gasteiger partial charge in [-0.1, -0.05) is 0 Å². The molecule has 4 saturated carbocycles. The van der Waals surface area contributed by atoms with Crippen LogP contribution in [0.25, 0.3) is 0 Å². The summed E-state index contributed by atoms with van der Waals surface area (Å²) < 4.78 is 5.39. The highest BCUT2D eigenvalue weighted by molar-refractivity contribution is 5.78. The van der Waals surface area contributed by atoms with Crippen LogP contribution in [0.5, 0.6) is 0 Å². The van der Waals surface area contributed by atoms with E-state index in [1.165, 1.54) is 37.7 Å². The molecule has 0 unspecified atom stereocenters. The van der Waals surface area contributed by atoms with Crippen molar-refractivity contribution in [1.29, 1.82) is 0 Å². The number of rotatable bonds is 5. The molecule has 0 aromatic carbocycles. The van der Waals surface area contributed by atoms with Crippen molar-refractivity contribution < 1.29 is 9.53 Å². The van der Waals surface area contributed by atoms with Crippen LogP contribution < -0.4 is 5.32 Å². The fourth-order valence-corrected chi connectivity index (χ4v) is 7.36. The van der Waals surface area contributed by atoms with E-state index in [1.54, 1.807) is 6.33 Å². The normalized spacial score (nSPS) is 34.6. The number of hydrogen-bond acceptors (Lipinski definition) is 6. The van der Waals surface area contributed by atoms with Gasteiger partial charge in [-0.25, -0.2) is 9.97 Å². The van der Waals surface area contributed by atoms with Crippen LogP contribution in [0, 0.1) is 29.6 Å². The number of aromatic nitrogens is 2. The summed E-state index contributed by atoms with van der Waals surface area (Å²) in [5.41, 5.74) is 2.24. The van der Waals surface area contributed by atoms with E-state index in [9.17, 15) is 4.79 Å². The van der Waals surface area contributed by atoms with Crippen LogP contribution in [0.4, 0.5) is 5.82 Å². The molecule has 1 N–H and O–H groups in total. The average molecular weight is 426 g/mol. The molecule has 3 heterocycles. The van der Waals surface area contributed by atoms with E-state index < -0.39 is 0 Å². The quantitative estimate of drug-likeness (QED) is 0.780. The predicted molar refractivity (Wildman–Crippen MR) is 117 cm³/mol. The predicted octanol–water partition coefficient (Wildman–Crippen LogP) is 2.18. The van der Waals surface area contributed by atoms with Crippen molar-refractivity contribution in [3.8, 4) is 0 Å². The molecule has 168 valence electrons. The number of carbonyl (C=O) groups excluding carboxylic acids is 1. The molecule has 7 heteroatoms. The first-order chi connectivity index (χ1) is 15.2. The molecule has 4 aliphatic carbocycles. The Kier molecular flexibility index (Phi) is 5.35. The second-order valence-electron chi connectivity index (χ2n) is 10.6. The van der Waals surface area contributed by atoms with Crippen LogP contribution in [-0.2, 0) is 22.5 Å². The van der Waals surface area contributed by atoms with Crippen molar-refractivity contribution in [2.45, 2.75) is 45.1 Å². The van der Waals surface area contributed by atoms with Gasteiger partial charge in [-0.3, -0.25) is 9.69 Å². The number of ether oxygens (including phenoxy) is 1. The maximum absolute atomic E-state index is 12.8. The number of anilines is 1. The van der Waals surface area contributed by atoms with E-state index in [4.69, 9.17) is 4.74 Å². The zero-order valence-corrected chi connectivity index (χ0v) is 18.5. The lowest BCUT2D eigenvalue weighted by atomic mass is 9.52. The Bertz CT molecular complexity index is 796.